The van der Waals surface area contributed by atoms with Gasteiger partial charge in [0.2, 0.25) is 0 Å². The van der Waals surface area contributed by atoms with Gasteiger partial charge in [0.15, 0.2) is 0 Å². The Bertz CT molecular complexity index is 333. The average molecular weight is 208 g/mol. The van der Waals surface area contributed by atoms with Gasteiger partial charge in [0.05, 0.1) is 13.0 Å². The second kappa shape index (κ2) is 5.39. The van der Waals surface area contributed by atoms with Crippen LogP contribution in [0, 0.1) is 12.8 Å². The molecule has 0 saturated carbocycles. The van der Waals surface area contributed by atoms with Crippen LogP contribution in [0.4, 0.5) is 0 Å². The summed E-state index contributed by atoms with van der Waals surface area (Å²) in [6.45, 7) is 4.12. The summed E-state index contributed by atoms with van der Waals surface area (Å²) in [6, 6.07) is 7.73. The molecule has 3 heteroatoms. The summed E-state index contributed by atoms with van der Waals surface area (Å²) < 4.78 is 10.1. The minimum atomic E-state index is -0.248. The first-order valence-corrected chi connectivity index (χ1v) is 4.90. The molecule has 0 aliphatic rings. The van der Waals surface area contributed by atoms with Crippen molar-refractivity contribution in [1.29, 1.82) is 0 Å². The maximum absolute atomic E-state index is 11.1. The van der Waals surface area contributed by atoms with Crippen molar-refractivity contribution in [2.75, 3.05) is 13.7 Å². The minimum absolute atomic E-state index is 0.240. The van der Waals surface area contributed by atoms with Gasteiger partial charge in [-0.1, -0.05) is 12.1 Å². The molecule has 1 unspecified atom stereocenters. The number of aryl methyl sites for hydroxylation is 1. The Labute approximate surface area is 90.0 Å². The maximum atomic E-state index is 11.1. The quantitative estimate of drug-likeness (QED) is 0.711. The number of hydrogen-bond acceptors (Lipinski definition) is 3. The first-order valence-electron chi connectivity index (χ1n) is 4.90. The minimum Gasteiger partial charge on any atom is -0.493 e. The normalized spacial score (nSPS) is 11.9. The molecular weight excluding hydrogens is 192 g/mol. The molecule has 0 fully saturated rings. The van der Waals surface area contributed by atoms with Crippen LogP contribution in [0.2, 0.25) is 0 Å². The van der Waals surface area contributed by atoms with E-state index in [1.807, 2.05) is 31.2 Å². The van der Waals surface area contributed by atoms with Crippen molar-refractivity contribution in [3.8, 4) is 5.75 Å². The molecule has 0 bridgehead atoms. The molecule has 1 aromatic carbocycles. The Balaban J connectivity index is 2.47. The Hall–Kier alpha value is -1.51. The van der Waals surface area contributed by atoms with Crippen LogP contribution in [-0.4, -0.2) is 19.7 Å². The van der Waals surface area contributed by atoms with Gasteiger partial charge in [-0.2, -0.15) is 0 Å². The van der Waals surface area contributed by atoms with Crippen LogP contribution in [-0.2, 0) is 9.53 Å². The summed E-state index contributed by atoms with van der Waals surface area (Å²) in [5, 5.41) is 0. The first-order chi connectivity index (χ1) is 7.13. The predicted molar refractivity (Wildman–Crippen MR) is 57.9 cm³/mol. The summed E-state index contributed by atoms with van der Waals surface area (Å²) in [6.07, 6.45) is 0. The zero-order chi connectivity index (χ0) is 11.3. The summed E-state index contributed by atoms with van der Waals surface area (Å²) in [7, 11) is 1.38. The highest BCUT2D eigenvalue weighted by Gasteiger charge is 2.13. The highest BCUT2D eigenvalue weighted by Crippen LogP contribution is 2.13. The van der Waals surface area contributed by atoms with Crippen molar-refractivity contribution in [2.24, 2.45) is 5.92 Å². The van der Waals surface area contributed by atoms with E-state index in [0.29, 0.717) is 6.61 Å². The zero-order valence-electron chi connectivity index (χ0n) is 9.32. The largest absolute Gasteiger partial charge is 0.493 e. The lowest BCUT2D eigenvalue weighted by Gasteiger charge is -2.11. The van der Waals surface area contributed by atoms with Crippen LogP contribution in [0.15, 0.2) is 24.3 Å². The standard InChI is InChI=1S/C12H16O3/c1-9-5-4-6-11(7-9)15-8-10(2)12(13)14-3/h4-7,10H,8H2,1-3H3. The fraction of sp³-hybridized carbons (Fsp3) is 0.417. The lowest BCUT2D eigenvalue weighted by molar-refractivity contribution is -0.145. The molecule has 0 heterocycles. The third kappa shape index (κ3) is 3.62. The van der Waals surface area contributed by atoms with E-state index in [1.165, 1.54) is 7.11 Å². The van der Waals surface area contributed by atoms with E-state index in [0.717, 1.165) is 11.3 Å². The van der Waals surface area contributed by atoms with Crippen molar-refractivity contribution < 1.29 is 14.3 Å². The molecule has 0 spiro atoms. The van der Waals surface area contributed by atoms with Crippen molar-refractivity contribution in [3.05, 3.63) is 29.8 Å². The molecule has 82 valence electrons. The van der Waals surface area contributed by atoms with E-state index in [2.05, 4.69) is 4.74 Å². The monoisotopic (exact) mass is 208 g/mol. The highest BCUT2D eigenvalue weighted by molar-refractivity contribution is 5.71. The molecule has 0 amide bonds. The van der Waals surface area contributed by atoms with Gasteiger partial charge in [-0.3, -0.25) is 4.79 Å². The molecular formula is C12H16O3. The third-order valence-electron chi connectivity index (χ3n) is 2.09. The van der Waals surface area contributed by atoms with E-state index >= 15 is 0 Å². The molecule has 0 aliphatic carbocycles. The van der Waals surface area contributed by atoms with Crippen LogP contribution in [0.25, 0.3) is 0 Å². The molecule has 1 atom stereocenters. The SMILES string of the molecule is COC(=O)C(C)COc1cccc(C)c1. The third-order valence-corrected chi connectivity index (χ3v) is 2.09. The summed E-state index contributed by atoms with van der Waals surface area (Å²) >= 11 is 0. The molecule has 0 radical (unpaired) electrons. The Morgan fingerprint density at radius 3 is 2.80 bits per heavy atom. The zero-order valence-corrected chi connectivity index (χ0v) is 9.32. The average Bonchev–Trinajstić information content (AvgIpc) is 2.25. The van der Waals surface area contributed by atoms with E-state index in [-0.39, 0.29) is 11.9 Å². The van der Waals surface area contributed by atoms with Crippen LogP contribution in [0.3, 0.4) is 0 Å². The lowest BCUT2D eigenvalue weighted by atomic mass is 10.2. The Kier molecular flexibility index (Phi) is 4.16. The fourth-order valence-electron chi connectivity index (χ4n) is 1.20. The summed E-state index contributed by atoms with van der Waals surface area (Å²) in [5.74, 6) is 0.295. The number of ether oxygens (including phenoxy) is 2. The van der Waals surface area contributed by atoms with E-state index in [9.17, 15) is 4.79 Å². The second-order valence-corrected chi connectivity index (χ2v) is 3.55. The number of methoxy groups -OCH3 is 1. The number of carbonyl (C=O) groups is 1. The fourth-order valence-corrected chi connectivity index (χ4v) is 1.20. The maximum Gasteiger partial charge on any atom is 0.311 e. The number of benzene rings is 1. The van der Waals surface area contributed by atoms with Crippen molar-refractivity contribution >= 4 is 5.97 Å². The van der Waals surface area contributed by atoms with Gasteiger partial charge in [-0.25, -0.2) is 0 Å². The van der Waals surface area contributed by atoms with Crippen LogP contribution in [0.5, 0.6) is 5.75 Å². The van der Waals surface area contributed by atoms with Gasteiger partial charge in [-0.15, -0.1) is 0 Å². The van der Waals surface area contributed by atoms with Gasteiger partial charge >= 0.3 is 5.97 Å². The van der Waals surface area contributed by atoms with E-state index < -0.39 is 0 Å². The van der Waals surface area contributed by atoms with Crippen molar-refractivity contribution in [1.82, 2.24) is 0 Å². The number of hydrogen-bond donors (Lipinski definition) is 0. The molecule has 0 aliphatic heterocycles. The van der Waals surface area contributed by atoms with Crippen molar-refractivity contribution in [3.63, 3.8) is 0 Å². The van der Waals surface area contributed by atoms with Crippen LogP contribution >= 0.6 is 0 Å². The van der Waals surface area contributed by atoms with Crippen molar-refractivity contribution in [2.45, 2.75) is 13.8 Å². The molecule has 1 rings (SSSR count). The number of carbonyl (C=O) groups excluding carboxylic acids is 1. The van der Waals surface area contributed by atoms with Gasteiger partial charge in [0, 0.05) is 0 Å². The highest BCUT2D eigenvalue weighted by atomic mass is 16.5. The van der Waals surface area contributed by atoms with Gasteiger partial charge in [0.1, 0.15) is 12.4 Å². The molecule has 0 N–H and O–H groups in total. The van der Waals surface area contributed by atoms with E-state index in [4.69, 9.17) is 4.74 Å². The van der Waals surface area contributed by atoms with Gasteiger partial charge in [-0.05, 0) is 31.5 Å². The predicted octanol–water partition coefficient (Wildman–Crippen LogP) is 2.18. The molecule has 0 saturated heterocycles. The summed E-state index contributed by atoms with van der Waals surface area (Å²) in [4.78, 5) is 11.1. The lowest BCUT2D eigenvalue weighted by Crippen LogP contribution is -2.19. The topological polar surface area (TPSA) is 35.5 Å². The van der Waals surface area contributed by atoms with E-state index in [1.54, 1.807) is 6.92 Å². The Morgan fingerprint density at radius 1 is 1.47 bits per heavy atom. The molecule has 3 nitrogen and oxygen atoms in total. The van der Waals surface area contributed by atoms with Crippen LogP contribution < -0.4 is 4.74 Å². The van der Waals surface area contributed by atoms with Gasteiger partial charge < -0.3 is 9.47 Å². The second-order valence-electron chi connectivity index (χ2n) is 3.55. The molecule has 0 aromatic heterocycles. The van der Waals surface area contributed by atoms with Gasteiger partial charge in [0.25, 0.3) is 0 Å². The molecule has 1 aromatic rings. The number of rotatable bonds is 4. The summed E-state index contributed by atoms with van der Waals surface area (Å²) in [5.41, 5.74) is 1.14. The Morgan fingerprint density at radius 2 is 2.20 bits per heavy atom. The number of esters is 1. The first kappa shape index (κ1) is 11.6. The molecule has 15 heavy (non-hydrogen) atoms. The smallest absolute Gasteiger partial charge is 0.311 e. The van der Waals surface area contributed by atoms with Crippen LogP contribution in [0.1, 0.15) is 12.5 Å².